The number of hydrogen-bond acceptors (Lipinski definition) is 4. The van der Waals surface area contributed by atoms with Crippen LogP contribution < -0.4 is 4.72 Å². The molecule has 0 bridgehead atoms. The summed E-state index contributed by atoms with van der Waals surface area (Å²) in [5.74, 6) is -0.350. The first kappa shape index (κ1) is 17.9. The van der Waals surface area contributed by atoms with E-state index in [1.807, 2.05) is 0 Å². The Balaban J connectivity index is 2.96. The quantitative estimate of drug-likeness (QED) is 0.611. The molecule has 0 fully saturated rings. The maximum absolute atomic E-state index is 12.3. The van der Waals surface area contributed by atoms with Gasteiger partial charge in [0.1, 0.15) is 6.04 Å². The van der Waals surface area contributed by atoms with Gasteiger partial charge in [-0.2, -0.15) is 4.72 Å². The number of alkyl halides is 1. The molecule has 0 amide bonds. The first-order valence-corrected chi connectivity index (χ1v) is 8.58. The molecule has 1 unspecified atom stereocenters. The molecule has 21 heavy (non-hydrogen) atoms. The highest BCUT2D eigenvalue weighted by Crippen LogP contribution is 2.14. The van der Waals surface area contributed by atoms with E-state index < -0.39 is 22.0 Å². The SMILES string of the molecule is COC(=O)C(NS(=O)(=O)c1ccc(CCCl)cc1)C(C)C. The van der Waals surface area contributed by atoms with Gasteiger partial charge in [-0.3, -0.25) is 4.79 Å². The lowest BCUT2D eigenvalue weighted by Gasteiger charge is -2.19. The Kier molecular flexibility index (Phi) is 6.64. The minimum atomic E-state index is -3.78. The normalized spacial score (nSPS) is 13.2. The summed E-state index contributed by atoms with van der Waals surface area (Å²) in [6.45, 7) is 3.49. The molecular formula is C14H20ClNO4S. The van der Waals surface area contributed by atoms with Crippen molar-refractivity contribution in [1.82, 2.24) is 4.72 Å². The van der Waals surface area contributed by atoms with Gasteiger partial charge in [-0.05, 0) is 30.0 Å². The number of rotatable bonds is 7. The van der Waals surface area contributed by atoms with Crippen molar-refractivity contribution in [2.24, 2.45) is 5.92 Å². The minimum Gasteiger partial charge on any atom is -0.468 e. The van der Waals surface area contributed by atoms with Gasteiger partial charge in [-0.15, -0.1) is 11.6 Å². The molecule has 1 N–H and O–H groups in total. The van der Waals surface area contributed by atoms with Crippen LogP contribution in [0.25, 0.3) is 0 Å². The van der Waals surface area contributed by atoms with E-state index in [4.69, 9.17) is 11.6 Å². The van der Waals surface area contributed by atoms with Gasteiger partial charge in [-0.25, -0.2) is 8.42 Å². The van der Waals surface area contributed by atoms with E-state index in [2.05, 4.69) is 9.46 Å². The van der Waals surface area contributed by atoms with Crippen molar-refractivity contribution in [1.29, 1.82) is 0 Å². The summed E-state index contributed by atoms with van der Waals surface area (Å²) in [4.78, 5) is 11.7. The highest BCUT2D eigenvalue weighted by atomic mass is 35.5. The molecule has 118 valence electrons. The first-order valence-electron chi connectivity index (χ1n) is 6.57. The Morgan fingerprint density at radius 1 is 1.29 bits per heavy atom. The number of ether oxygens (including phenoxy) is 1. The molecule has 1 aromatic carbocycles. The molecule has 5 nitrogen and oxygen atoms in total. The fraction of sp³-hybridized carbons (Fsp3) is 0.500. The predicted octanol–water partition coefficient (Wildman–Crippen LogP) is 1.94. The van der Waals surface area contributed by atoms with E-state index in [1.54, 1.807) is 26.0 Å². The second-order valence-corrected chi connectivity index (χ2v) is 7.04. The number of nitrogens with one attached hydrogen (secondary N) is 1. The third-order valence-electron chi connectivity index (χ3n) is 3.02. The van der Waals surface area contributed by atoms with Crippen LogP contribution in [-0.2, 0) is 26.0 Å². The third kappa shape index (κ3) is 4.98. The van der Waals surface area contributed by atoms with Crippen molar-refractivity contribution in [3.05, 3.63) is 29.8 Å². The van der Waals surface area contributed by atoms with Crippen LogP contribution in [0.3, 0.4) is 0 Å². The van der Waals surface area contributed by atoms with Gasteiger partial charge in [0.25, 0.3) is 0 Å². The molecule has 1 aromatic rings. The van der Waals surface area contributed by atoms with E-state index in [1.165, 1.54) is 19.2 Å². The van der Waals surface area contributed by atoms with Crippen LogP contribution in [0.1, 0.15) is 19.4 Å². The minimum absolute atomic E-state index is 0.107. The number of aryl methyl sites for hydroxylation is 1. The van der Waals surface area contributed by atoms with Crippen LogP contribution in [0.4, 0.5) is 0 Å². The average molecular weight is 334 g/mol. The summed E-state index contributed by atoms with van der Waals surface area (Å²) in [6, 6.07) is 5.50. The zero-order valence-electron chi connectivity index (χ0n) is 12.3. The number of esters is 1. The van der Waals surface area contributed by atoms with Crippen LogP contribution >= 0.6 is 11.6 Å². The van der Waals surface area contributed by atoms with Gasteiger partial charge >= 0.3 is 5.97 Å². The molecule has 0 aliphatic carbocycles. The molecule has 0 spiro atoms. The van der Waals surface area contributed by atoms with Gasteiger partial charge in [0.05, 0.1) is 12.0 Å². The molecule has 0 saturated heterocycles. The van der Waals surface area contributed by atoms with Crippen LogP contribution in [-0.4, -0.2) is 33.4 Å². The van der Waals surface area contributed by atoms with Crippen LogP contribution in [0.5, 0.6) is 0 Å². The fourth-order valence-corrected chi connectivity index (χ4v) is 3.31. The Morgan fingerprint density at radius 3 is 2.29 bits per heavy atom. The number of carbonyl (C=O) groups excluding carboxylic acids is 1. The molecule has 1 rings (SSSR count). The maximum Gasteiger partial charge on any atom is 0.324 e. The highest BCUT2D eigenvalue weighted by molar-refractivity contribution is 7.89. The number of sulfonamides is 1. The molecule has 0 heterocycles. The van der Waals surface area contributed by atoms with Gasteiger partial charge < -0.3 is 4.74 Å². The Labute approximate surface area is 130 Å². The van der Waals surface area contributed by atoms with E-state index in [-0.39, 0.29) is 10.8 Å². The van der Waals surface area contributed by atoms with Crippen molar-refractivity contribution in [2.45, 2.75) is 31.2 Å². The standard InChI is InChI=1S/C14H20ClNO4S/c1-10(2)13(14(17)20-3)16-21(18,19)12-6-4-11(5-7-12)8-9-15/h4-7,10,13,16H,8-9H2,1-3H3. The van der Waals surface area contributed by atoms with Crippen molar-refractivity contribution < 1.29 is 17.9 Å². The van der Waals surface area contributed by atoms with Crippen molar-refractivity contribution in [2.75, 3.05) is 13.0 Å². The fourth-order valence-electron chi connectivity index (χ4n) is 1.76. The summed E-state index contributed by atoms with van der Waals surface area (Å²) in [6.07, 6.45) is 0.673. The zero-order valence-corrected chi connectivity index (χ0v) is 13.9. The van der Waals surface area contributed by atoms with Crippen molar-refractivity contribution >= 4 is 27.6 Å². The summed E-state index contributed by atoms with van der Waals surface area (Å²) in [5, 5.41) is 0. The summed E-state index contributed by atoms with van der Waals surface area (Å²) in [5.41, 5.74) is 0.956. The second-order valence-electron chi connectivity index (χ2n) is 4.95. The van der Waals surface area contributed by atoms with Gasteiger partial charge in [0.2, 0.25) is 10.0 Å². The van der Waals surface area contributed by atoms with E-state index in [0.29, 0.717) is 12.3 Å². The van der Waals surface area contributed by atoms with Crippen LogP contribution in [0.2, 0.25) is 0 Å². The molecule has 0 aliphatic rings. The zero-order chi connectivity index (χ0) is 16.0. The Morgan fingerprint density at radius 2 is 1.86 bits per heavy atom. The largest absolute Gasteiger partial charge is 0.468 e. The lowest BCUT2D eigenvalue weighted by molar-refractivity contribution is -0.143. The van der Waals surface area contributed by atoms with Crippen molar-refractivity contribution in [3.8, 4) is 0 Å². The Hall–Kier alpha value is -1.11. The highest BCUT2D eigenvalue weighted by Gasteiger charge is 2.28. The van der Waals surface area contributed by atoms with Crippen molar-refractivity contribution in [3.63, 3.8) is 0 Å². The summed E-state index contributed by atoms with van der Waals surface area (Å²) in [7, 11) is -2.55. The molecule has 0 aliphatic heterocycles. The van der Waals surface area contributed by atoms with Gasteiger partial charge in [-0.1, -0.05) is 26.0 Å². The molecule has 0 aromatic heterocycles. The number of methoxy groups -OCH3 is 1. The number of halogens is 1. The molecule has 0 saturated carbocycles. The van der Waals surface area contributed by atoms with E-state index in [9.17, 15) is 13.2 Å². The number of benzene rings is 1. The predicted molar refractivity (Wildman–Crippen MR) is 81.8 cm³/mol. The smallest absolute Gasteiger partial charge is 0.324 e. The monoisotopic (exact) mass is 333 g/mol. The van der Waals surface area contributed by atoms with Crippen LogP contribution in [0, 0.1) is 5.92 Å². The summed E-state index contributed by atoms with van der Waals surface area (Å²) < 4.78 is 31.6. The van der Waals surface area contributed by atoms with Crippen LogP contribution in [0.15, 0.2) is 29.2 Å². The third-order valence-corrected chi connectivity index (χ3v) is 4.67. The molecule has 1 atom stereocenters. The van der Waals surface area contributed by atoms with Gasteiger partial charge in [0.15, 0.2) is 0 Å². The topological polar surface area (TPSA) is 72.5 Å². The summed E-state index contributed by atoms with van der Waals surface area (Å²) >= 11 is 5.64. The van der Waals surface area contributed by atoms with E-state index >= 15 is 0 Å². The maximum atomic E-state index is 12.3. The second kappa shape index (κ2) is 7.77. The Bertz CT molecular complexity index is 569. The first-order chi connectivity index (χ1) is 9.81. The molecular weight excluding hydrogens is 314 g/mol. The van der Waals surface area contributed by atoms with E-state index in [0.717, 1.165) is 5.56 Å². The average Bonchev–Trinajstić information content (AvgIpc) is 2.44. The number of hydrogen-bond donors (Lipinski definition) is 1. The molecule has 7 heteroatoms. The lowest BCUT2D eigenvalue weighted by Crippen LogP contribution is -2.44. The lowest BCUT2D eigenvalue weighted by atomic mass is 10.1. The molecule has 0 radical (unpaired) electrons. The van der Waals surface area contributed by atoms with Gasteiger partial charge in [0, 0.05) is 5.88 Å². The number of carbonyl (C=O) groups is 1.